The molecule has 1 aliphatic rings. The third-order valence-corrected chi connectivity index (χ3v) is 4.75. The first-order chi connectivity index (χ1) is 7.75. The highest BCUT2D eigenvalue weighted by Gasteiger charge is 2.19. The van der Waals surface area contributed by atoms with Crippen molar-refractivity contribution in [1.29, 1.82) is 0 Å². The van der Waals surface area contributed by atoms with Gasteiger partial charge < -0.3 is 5.32 Å². The lowest BCUT2D eigenvalue weighted by Crippen LogP contribution is -2.33. The highest BCUT2D eigenvalue weighted by atomic mass is 32.1. The molecule has 16 heavy (non-hydrogen) atoms. The molecule has 1 fully saturated rings. The minimum Gasteiger partial charge on any atom is -0.309 e. The lowest BCUT2D eigenvalue weighted by molar-refractivity contribution is 0.281. The molecule has 0 aromatic carbocycles. The molecule has 0 spiro atoms. The van der Waals surface area contributed by atoms with E-state index < -0.39 is 0 Å². The van der Waals surface area contributed by atoms with E-state index in [0.29, 0.717) is 6.04 Å². The van der Waals surface area contributed by atoms with Gasteiger partial charge in [-0.3, -0.25) is 0 Å². The molecular formula is C14H23NS. The molecule has 1 saturated carbocycles. The summed E-state index contributed by atoms with van der Waals surface area (Å²) < 4.78 is 0. The van der Waals surface area contributed by atoms with Gasteiger partial charge in [-0.2, -0.15) is 0 Å². The second-order valence-corrected chi connectivity index (χ2v) is 6.45. The van der Waals surface area contributed by atoms with Crippen LogP contribution in [0.3, 0.4) is 0 Å². The lowest BCUT2D eigenvalue weighted by atomic mass is 9.84. The van der Waals surface area contributed by atoms with Crippen molar-refractivity contribution in [3.05, 3.63) is 21.9 Å². The highest BCUT2D eigenvalue weighted by Crippen LogP contribution is 2.26. The minimum atomic E-state index is 0.683. The summed E-state index contributed by atoms with van der Waals surface area (Å²) in [5.41, 5.74) is 0. The van der Waals surface area contributed by atoms with Gasteiger partial charge in [0.25, 0.3) is 0 Å². The third kappa shape index (κ3) is 3.33. The molecule has 1 aromatic heterocycles. The second kappa shape index (κ2) is 5.83. The predicted octanol–water partition coefficient (Wildman–Crippen LogP) is 4.11. The Labute approximate surface area is 103 Å². The number of hydrogen-bond acceptors (Lipinski definition) is 2. The first-order valence-corrected chi connectivity index (χ1v) is 7.36. The Morgan fingerprint density at radius 3 is 2.69 bits per heavy atom. The summed E-state index contributed by atoms with van der Waals surface area (Å²) in [6, 6.07) is 5.15. The van der Waals surface area contributed by atoms with Crippen LogP contribution in [0.2, 0.25) is 0 Å². The molecule has 1 atom stereocenters. The Bertz CT molecular complexity index is 312. The molecule has 90 valence electrons. The van der Waals surface area contributed by atoms with Gasteiger partial charge in [-0.15, -0.1) is 11.3 Å². The minimum absolute atomic E-state index is 0.683. The van der Waals surface area contributed by atoms with Gasteiger partial charge in [-0.05, 0) is 44.7 Å². The first kappa shape index (κ1) is 12.1. The van der Waals surface area contributed by atoms with Crippen LogP contribution in [0.4, 0.5) is 0 Å². The van der Waals surface area contributed by atoms with Crippen molar-refractivity contribution < 1.29 is 0 Å². The van der Waals surface area contributed by atoms with E-state index >= 15 is 0 Å². The van der Waals surface area contributed by atoms with Crippen LogP contribution in [-0.2, 0) is 6.54 Å². The Kier molecular flexibility index (Phi) is 4.42. The van der Waals surface area contributed by atoms with E-state index in [1.54, 1.807) is 0 Å². The first-order valence-electron chi connectivity index (χ1n) is 6.54. The monoisotopic (exact) mass is 237 g/mol. The van der Waals surface area contributed by atoms with Crippen molar-refractivity contribution in [3.63, 3.8) is 0 Å². The predicted molar refractivity (Wildman–Crippen MR) is 71.9 cm³/mol. The fourth-order valence-electron chi connectivity index (χ4n) is 2.64. The van der Waals surface area contributed by atoms with Crippen LogP contribution in [0, 0.1) is 12.8 Å². The summed E-state index contributed by atoms with van der Waals surface area (Å²) in [5.74, 6) is 0.912. The average molecular weight is 237 g/mol. The normalized spacial score (nSPS) is 19.9. The molecule has 0 saturated heterocycles. The molecule has 0 amide bonds. The fraction of sp³-hybridized carbons (Fsp3) is 0.714. The number of aryl methyl sites for hydroxylation is 1. The van der Waals surface area contributed by atoms with E-state index in [4.69, 9.17) is 0 Å². The Balaban J connectivity index is 1.76. The fourth-order valence-corrected chi connectivity index (χ4v) is 3.48. The van der Waals surface area contributed by atoms with Crippen molar-refractivity contribution in [2.75, 3.05) is 0 Å². The zero-order valence-electron chi connectivity index (χ0n) is 10.5. The number of rotatable bonds is 4. The summed E-state index contributed by atoms with van der Waals surface area (Å²) in [4.78, 5) is 2.89. The van der Waals surface area contributed by atoms with E-state index in [1.165, 1.54) is 41.9 Å². The summed E-state index contributed by atoms with van der Waals surface area (Å²) in [5, 5.41) is 3.69. The molecule has 2 rings (SSSR count). The maximum Gasteiger partial charge on any atom is 0.0302 e. The van der Waals surface area contributed by atoms with Crippen molar-refractivity contribution in [2.45, 2.75) is 58.5 Å². The maximum atomic E-state index is 3.69. The summed E-state index contributed by atoms with van der Waals surface area (Å²) in [6.07, 6.45) is 7.19. The Hall–Kier alpha value is -0.340. The molecule has 0 radical (unpaired) electrons. The Morgan fingerprint density at radius 1 is 1.31 bits per heavy atom. The van der Waals surface area contributed by atoms with Gasteiger partial charge in [0.05, 0.1) is 0 Å². The van der Waals surface area contributed by atoms with Crippen molar-refractivity contribution in [3.8, 4) is 0 Å². The second-order valence-electron chi connectivity index (χ2n) is 5.08. The van der Waals surface area contributed by atoms with Crippen LogP contribution in [0.15, 0.2) is 12.1 Å². The van der Waals surface area contributed by atoms with Crippen molar-refractivity contribution >= 4 is 11.3 Å². The molecule has 0 unspecified atom stereocenters. The van der Waals surface area contributed by atoms with Gasteiger partial charge in [-0.1, -0.05) is 19.3 Å². The van der Waals surface area contributed by atoms with Crippen LogP contribution in [-0.4, -0.2) is 6.04 Å². The van der Waals surface area contributed by atoms with Crippen LogP contribution in [0.5, 0.6) is 0 Å². The van der Waals surface area contributed by atoms with Crippen molar-refractivity contribution in [1.82, 2.24) is 5.32 Å². The van der Waals surface area contributed by atoms with E-state index in [2.05, 4.69) is 31.3 Å². The van der Waals surface area contributed by atoms with Gasteiger partial charge in [-0.25, -0.2) is 0 Å². The smallest absolute Gasteiger partial charge is 0.0302 e. The molecular weight excluding hydrogens is 214 g/mol. The zero-order valence-corrected chi connectivity index (χ0v) is 11.3. The third-order valence-electron chi connectivity index (χ3n) is 3.75. The molecule has 1 heterocycles. The van der Waals surface area contributed by atoms with Gasteiger partial charge in [0, 0.05) is 22.3 Å². The zero-order chi connectivity index (χ0) is 11.4. The molecule has 0 aliphatic heterocycles. The summed E-state index contributed by atoms with van der Waals surface area (Å²) in [6.45, 7) is 5.59. The number of hydrogen-bond donors (Lipinski definition) is 1. The Morgan fingerprint density at radius 2 is 2.06 bits per heavy atom. The quantitative estimate of drug-likeness (QED) is 0.831. The largest absolute Gasteiger partial charge is 0.309 e. The van der Waals surface area contributed by atoms with Gasteiger partial charge in [0.1, 0.15) is 0 Å². The van der Waals surface area contributed by atoms with Crippen molar-refractivity contribution in [2.24, 2.45) is 5.92 Å². The molecule has 2 heteroatoms. The maximum absolute atomic E-state index is 3.69. The van der Waals surface area contributed by atoms with E-state index in [9.17, 15) is 0 Å². The van der Waals surface area contributed by atoms with Gasteiger partial charge >= 0.3 is 0 Å². The molecule has 1 aliphatic carbocycles. The van der Waals surface area contributed by atoms with Crippen LogP contribution in [0.25, 0.3) is 0 Å². The average Bonchev–Trinajstić information content (AvgIpc) is 2.73. The lowest BCUT2D eigenvalue weighted by Gasteiger charge is -2.28. The van der Waals surface area contributed by atoms with E-state index in [1.807, 2.05) is 11.3 Å². The van der Waals surface area contributed by atoms with Gasteiger partial charge in [0.15, 0.2) is 0 Å². The van der Waals surface area contributed by atoms with E-state index in [-0.39, 0.29) is 0 Å². The van der Waals surface area contributed by atoms with Gasteiger partial charge in [0.2, 0.25) is 0 Å². The number of nitrogens with one attached hydrogen (secondary N) is 1. The van der Waals surface area contributed by atoms with Crippen LogP contribution >= 0.6 is 11.3 Å². The van der Waals surface area contributed by atoms with Crippen LogP contribution in [0.1, 0.15) is 48.8 Å². The summed E-state index contributed by atoms with van der Waals surface area (Å²) in [7, 11) is 0. The molecule has 1 aromatic rings. The SMILES string of the molecule is Cc1ccc(CN[C@@H](C)C2CCCCC2)s1. The molecule has 1 nitrogen and oxygen atoms in total. The number of thiophene rings is 1. The molecule has 1 N–H and O–H groups in total. The van der Waals surface area contributed by atoms with E-state index in [0.717, 1.165) is 12.5 Å². The summed E-state index contributed by atoms with van der Waals surface area (Å²) >= 11 is 1.91. The highest BCUT2D eigenvalue weighted by molar-refractivity contribution is 7.11. The standard InChI is InChI=1S/C14H23NS/c1-11-8-9-14(16-11)10-15-12(2)13-6-4-3-5-7-13/h8-9,12-13,15H,3-7,10H2,1-2H3/t12-/m0/s1. The topological polar surface area (TPSA) is 12.0 Å². The van der Waals surface area contributed by atoms with Crippen LogP contribution < -0.4 is 5.32 Å². The molecule has 0 bridgehead atoms.